The van der Waals surface area contributed by atoms with Gasteiger partial charge >= 0.3 is 6.18 Å². The van der Waals surface area contributed by atoms with Gasteiger partial charge in [-0.25, -0.2) is 13.8 Å². The number of amides is 1. The Morgan fingerprint density at radius 3 is 2.26 bits per heavy atom. The molecule has 0 fully saturated rings. The topological polar surface area (TPSA) is 83.8 Å². The molecule has 1 heterocycles. The van der Waals surface area contributed by atoms with E-state index in [0.717, 1.165) is 45.9 Å². The molecule has 1 aromatic heterocycles. The molecule has 4 rings (SSSR count). The Morgan fingerprint density at radius 1 is 0.929 bits per heavy atom. The molecule has 11 heteroatoms. The Hall–Kier alpha value is -4.38. The van der Waals surface area contributed by atoms with Crippen LogP contribution in [0.5, 0.6) is 0 Å². The Bertz CT molecular complexity index is 1760. The van der Waals surface area contributed by atoms with E-state index in [4.69, 9.17) is 0 Å². The highest BCUT2D eigenvalue weighted by molar-refractivity contribution is 7.92. The van der Waals surface area contributed by atoms with Crippen LogP contribution in [0.3, 0.4) is 0 Å². The van der Waals surface area contributed by atoms with Gasteiger partial charge in [-0.1, -0.05) is 29.8 Å². The molecular weight excluding hydrogens is 565 g/mol. The molecule has 0 aliphatic rings. The molecule has 220 valence electrons. The molecule has 7 nitrogen and oxygen atoms in total. The third-order valence-corrected chi connectivity index (χ3v) is 8.76. The first-order chi connectivity index (χ1) is 19.7. The number of halogens is 3. The van der Waals surface area contributed by atoms with Gasteiger partial charge in [-0.05, 0) is 94.3 Å². The molecule has 0 unspecified atom stereocenters. The second-order valence-corrected chi connectivity index (χ2v) is 12.0. The number of hydrogen-bond acceptors (Lipinski definition) is 4. The van der Waals surface area contributed by atoms with Crippen molar-refractivity contribution in [2.45, 2.75) is 45.7 Å². The summed E-state index contributed by atoms with van der Waals surface area (Å²) in [6, 6.07) is 17.7. The van der Waals surface area contributed by atoms with Gasteiger partial charge in [-0.15, -0.1) is 0 Å². The third kappa shape index (κ3) is 6.57. The molecule has 0 aliphatic carbocycles. The maximum absolute atomic E-state index is 13.5. The summed E-state index contributed by atoms with van der Waals surface area (Å²) >= 11 is 0. The van der Waals surface area contributed by atoms with Crippen molar-refractivity contribution in [3.8, 4) is 5.69 Å². The molecule has 1 N–H and O–H groups in total. The summed E-state index contributed by atoms with van der Waals surface area (Å²) in [6.07, 6.45) is -3.26. The van der Waals surface area contributed by atoms with Crippen LogP contribution < -0.4 is 9.73 Å². The van der Waals surface area contributed by atoms with Crippen molar-refractivity contribution in [1.82, 2.24) is 9.99 Å². The summed E-state index contributed by atoms with van der Waals surface area (Å²) in [6.45, 7) is 8.90. The smallest absolute Gasteiger partial charge is 0.318 e. The Labute approximate surface area is 243 Å². The van der Waals surface area contributed by atoms with Gasteiger partial charge in [0, 0.05) is 22.6 Å². The lowest BCUT2D eigenvalue weighted by Crippen LogP contribution is -2.39. The summed E-state index contributed by atoms with van der Waals surface area (Å²) in [5.74, 6) is -0.831. The molecule has 0 bridgehead atoms. The summed E-state index contributed by atoms with van der Waals surface area (Å²) in [5.41, 5.74) is 7.62. The fourth-order valence-electron chi connectivity index (χ4n) is 4.51. The van der Waals surface area contributed by atoms with Crippen LogP contribution in [0.2, 0.25) is 0 Å². The summed E-state index contributed by atoms with van der Waals surface area (Å²) in [4.78, 5) is 12.8. The summed E-state index contributed by atoms with van der Waals surface area (Å²) < 4.78 is 70.0. The lowest BCUT2D eigenvalue weighted by atomic mass is 10.1. The number of alkyl halides is 3. The van der Waals surface area contributed by atoms with Crippen molar-refractivity contribution < 1.29 is 26.4 Å². The average molecular weight is 597 g/mol. The predicted octanol–water partition coefficient (Wildman–Crippen LogP) is 6.38. The lowest BCUT2D eigenvalue weighted by molar-refractivity contribution is -0.137. The number of benzene rings is 3. The van der Waals surface area contributed by atoms with E-state index in [-0.39, 0.29) is 10.6 Å². The Morgan fingerprint density at radius 2 is 1.62 bits per heavy atom. The van der Waals surface area contributed by atoms with Gasteiger partial charge in [0.05, 0.1) is 22.4 Å². The fourth-order valence-corrected chi connectivity index (χ4v) is 5.92. The van der Waals surface area contributed by atoms with Gasteiger partial charge in [0.25, 0.3) is 15.9 Å². The number of hydrogen-bond donors (Lipinski definition) is 1. The van der Waals surface area contributed by atoms with Crippen LogP contribution in [0, 0.1) is 34.6 Å². The molecule has 3 aromatic carbocycles. The third-order valence-electron chi connectivity index (χ3n) is 6.97. The minimum atomic E-state index is -4.70. The Kier molecular flexibility index (Phi) is 8.63. The van der Waals surface area contributed by atoms with Crippen LogP contribution in [0.1, 0.15) is 39.2 Å². The second kappa shape index (κ2) is 11.8. The number of nitrogens with one attached hydrogen (secondary N) is 1. The van der Waals surface area contributed by atoms with E-state index in [1.165, 1.54) is 30.0 Å². The summed E-state index contributed by atoms with van der Waals surface area (Å²) in [7, 11) is -4.40. The van der Waals surface area contributed by atoms with Crippen LogP contribution >= 0.6 is 0 Å². The second-order valence-electron chi connectivity index (χ2n) is 10.1. The van der Waals surface area contributed by atoms with E-state index in [1.807, 2.05) is 45.9 Å². The SMILES string of the molecule is Cc1ccc(S(=O)(=O)N(CC(=O)N/N=C\c2cc(C)n(-c3ccc(C)c(C)c3)c2C)c2cccc(C(F)(F)F)c2)cc1. The molecule has 1 amide bonds. The number of anilines is 1. The number of carbonyl (C=O) groups is 1. The molecule has 0 spiro atoms. The van der Waals surface area contributed by atoms with E-state index < -0.39 is 34.2 Å². The van der Waals surface area contributed by atoms with E-state index >= 15 is 0 Å². The standard InChI is InChI=1S/C31H31F3N4O3S/c1-20-9-13-29(14-10-20)42(40,41)37(27-8-6-7-26(17-27)31(32,33)34)19-30(39)36-35-18-25-16-23(4)38(24(25)5)28-12-11-21(2)22(3)15-28/h6-18H,19H2,1-5H3,(H,36,39)/b35-18-. The predicted molar refractivity (Wildman–Crippen MR) is 158 cm³/mol. The van der Waals surface area contributed by atoms with Gasteiger partial charge < -0.3 is 4.57 Å². The molecule has 0 saturated heterocycles. The number of hydrazone groups is 1. The van der Waals surface area contributed by atoms with Crippen molar-refractivity contribution in [2.24, 2.45) is 5.10 Å². The van der Waals surface area contributed by atoms with E-state index in [9.17, 15) is 26.4 Å². The first kappa shape index (κ1) is 30.6. The molecular formula is C31H31F3N4O3S. The van der Waals surface area contributed by atoms with Gasteiger partial charge in [0.15, 0.2) is 0 Å². The van der Waals surface area contributed by atoms with Gasteiger partial charge in [-0.3, -0.25) is 9.10 Å². The highest BCUT2D eigenvalue weighted by Crippen LogP contribution is 2.33. The number of nitrogens with zero attached hydrogens (tertiary/aromatic N) is 3. The minimum absolute atomic E-state index is 0.166. The number of aryl methyl sites for hydroxylation is 4. The van der Waals surface area contributed by atoms with Gasteiger partial charge in [-0.2, -0.15) is 18.3 Å². The number of aromatic nitrogens is 1. The van der Waals surface area contributed by atoms with Gasteiger partial charge in [0.2, 0.25) is 0 Å². The molecule has 0 saturated carbocycles. The van der Waals surface area contributed by atoms with Crippen LogP contribution in [-0.4, -0.2) is 31.7 Å². The number of sulfonamides is 1. The Balaban J connectivity index is 1.60. The van der Waals surface area contributed by atoms with Gasteiger partial charge in [0.1, 0.15) is 6.54 Å². The number of carbonyl (C=O) groups excluding carboxylic acids is 1. The first-order valence-electron chi connectivity index (χ1n) is 13.0. The molecule has 0 radical (unpaired) electrons. The van der Waals surface area contributed by atoms with E-state index in [1.54, 1.807) is 19.1 Å². The maximum Gasteiger partial charge on any atom is 0.416 e. The highest BCUT2D eigenvalue weighted by Gasteiger charge is 2.33. The van der Waals surface area contributed by atoms with Crippen molar-refractivity contribution in [1.29, 1.82) is 0 Å². The molecule has 0 atom stereocenters. The molecule has 0 aliphatic heterocycles. The van der Waals surface area contributed by atoms with Crippen molar-refractivity contribution in [3.05, 3.63) is 112 Å². The molecule has 42 heavy (non-hydrogen) atoms. The maximum atomic E-state index is 13.5. The first-order valence-corrected chi connectivity index (χ1v) is 14.5. The van der Waals surface area contributed by atoms with Crippen molar-refractivity contribution in [3.63, 3.8) is 0 Å². The summed E-state index contributed by atoms with van der Waals surface area (Å²) in [5, 5.41) is 4.01. The zero-order chi connectivity index (χ0) is 30.8. The van der Waals surface area contributed by atoms with Crippen molar-refractivity contribution in [2.75, 3.05) is 10.8 Å². The fraction of sp³-hybridized carbons (Fsp3) is 0.226. The highest BCUT2D eigenvalue weighted by atomic mass is 32.2. The zero-order valence-electron chi connectivity index (χ0n) is 23.8. The van der Waals surface area contributed by atoms with Crippen LogP contribution in [0.15, 0.2) is 82.8 Å². The number of rotatable bonds is 8. The normalized spacial score (nSPS) is 12.1. The monoisotopic (exact) mass is 596 g/mol. The minimum Gasteiger partial charge on any atom is -0.318 e. The van der Waals surface area contributed by atoms with E-state index in [0.29, 0.717) is 10.4 Å². The van der Waals surface area contributed by atoms with Crippen LogP contribution in [0.4, 0.5) is 18.9 Å². The molecule has 4 aromatic rings. The van der Waals surface area contributed by atoms with Crippen LogP contribution in [0.25, 0.3) is 5.69 Å². The quantitative estimate of drug-likeness (QED) is 0.189. The van der Waals surface area contributed by atoms with Crippen LogP contribution in [-0.2, 0) is 21.0 Å². The largest absolute Gasteiger partial charge is 0.416 e. The lowest BCUT2D eigenvalue weighted by Gasteiger charge is -2.24. The van der Waals surface area contributed by atoms with Crippen molar-refractivity contribution >= 4 is 27.8 Å². The average Bonchev–Trinajstić information content (AvgIpc) is 3.21. The van der Waals surface area contributed by atoms with E-state index in [2.05, 4.69) is 21.2 Å². The zero-order valence-corrected chi connectivity index (χ0v) is 24.6.